The maximum absolute atomic E-state index is 13.3. The summed E-state index contributed by atoms with van der Waals surface area (Å²) >= 11 is 9.77. The van der Waals surface area contributed by atoms with Gasteiger partial charge in [-0.2, -0.15) is 0 Å². The van der Waals surface area contributed by atoms with E-state index in [1.54, 1.807) is 13.0 Å². The molecule has 0 radical (unpaired) electrons. The summed E-state index contributed by atoms with van der Waals surface area (Å²) in [4.78, 5) is 22.9. The molecule has 0 spiro atoms. The summed E-state index contributed by atoms with van der Waals surface area (Å²) in [6.07, 6.45) is 3.73. The predicted octanol–water partition coefficient (Wildman–Crippen LogP) is 4.79. The van der Waals surface area contributed by atoms with Gasteiger partial charge in [-0.05, 0) is 48.7 Å². The number of sulfone groups is 1. The monoisotopic (exact) mass is 609 g/mol. The maximum Gasteiger partial charge on any atom is 0.280 e. The van der Waals surface area contributed by atoms with Crippen LogP contribution >= 0.6 is 27.5 Å². The molecular weight excluding hydrogens is 578 g/mol. The molecule has 200 valence electrons. The van der Waals surface area contributed by atoms with Crippen LogP contribution in [0, 0.1) is 0 Å². The Bertz CT molecular complexity index is 1430. The number of halogens is 2. The summed E-state index contributed by atoms with van der Waals surface area (Å²) < 4.78 is 27.1. The molecule has 0 saturated carbocycles. The first kappa shape index (κ1) is 28.0. The molecule has 1 aromatic heterocycles. The summed E-state index contributed by atoms with van der Waals surface area (Å²) in [6.45, 7) is 11.0. The van der Waals surface area contributed by atoms with Gasteiger partial charge in [0.05, 0.1) is 27.2 Å². The third-order valence-corrected chi connectivity index (χ3v) is 9.84. The lowest BCUT2D eigenvalue weighted by Gasteiger charge is -2.39. The number of benzene rings is 2. The summed E-state index contributed by atoms with van der Waals surface area (Å²) in [7, 11) is -3.53. The first-order chi connectivity index (χ1) is 17.7. The molecule has 3 aromatic rings. The van der Waals surface area contributed by atoms with Gasteiger partial charge in [0.15, 0.2) is 9.84 Å². The molecule has 0 amide bonds. The predicted molar refractivity (Wildman–Crippen MR) is 153 cm³/mol. The van der Waals surface area contributed by atoms with Crippen molar-refractivity contribution in [3.8, 4) is 0 Å². The summed E-state index contributed by atoms with van der Waals surface area (Å²) in [5.41, 5.74) is 4.44. The standard InChI is InChI=1S/C26H33BrClN5O3S/c1-4-20(5-2)32-11-9-31(10-12-32)16-18-13-23-21(15-22(18)27)26(34)33(17-29-23)30-24-14-19(28)7-8-25(24)37(35,36)6-3/h7-8,13-15,17,20,30H,4-6,9-12,16H2,1-3H3. The Kier molecular flexibility index (Phi) is 8.96. The van der Waals surface area contributed by atoms with E-state index in [0.29, 0.717) is 22.0 Å². The van der Waals surface area contributed by atoms with Crippen molar-refractivity contribution in [3.05, 3.63) is 62.1 Å². The Morgan fingerprint density at radius 2 is 1.78 bits per heavy atom. The number of piperazine rings is 1. The second-order valence-electron chi connectivity index (χ2n) is 9.32. The summed E-state index contributed by atoms with van der Waals surface area (Å²) in [5.74, 6) is -0.0727. The zero-order valence-electron chi connectivity index (χ0n) is 21.4. The van der Waals surface area contributed by atoms with Crippen LogP contribution in [0.25, 0.3) is 10.9 Å². The fraction of sp³-hybridized carbons (Fsp3) is 0.462. The quantitative estimate of drug-likeness (QED) is 0.373. The van der Waals surface area contributed by atoms with E-state index >= 15 is 0 Å². The van der Waals surface area contributed by atoms with Crippen LogP contribution in [0.3, 0.4) is 0 Å². The fourth-order valence-corrected chi connectivity index (χ4v) is 6.53. The van der Waals surface area contributed by atoms with Gasteiger partial charge in [0.25, 0.3) is 5.56 Å². The van der Waals surface area contributed by atoms with Gasteiger partial charge in [0.2, 0.25) is 0 Å². The van der Waals surface area contributed by atoms with Crippen molar-refractivity contribution in [3.63, 3.8) is 0 Å². The van der Waals surface area contributed by atoms with E-state index < -0.39 is 9.84 Å². The molecule has 8 nitrogen and oxygen atoms in total. The lowest BCUT2D eigenvalue weighted by molar-refractivity contribution is 0.0880. The zero-order valence-corrected chi connectivity index (χ0v) is 24.5. The molecule has 0 aliphatic carbocycles. The van der Waals surface area contributed by atoms with Crippen LogP contribution < -0.4 is 11.0 Å². The molecular formula is C26H33BrClN5O3S. The normalized spacial score (nSPS) is 15.5. The number of rotatable bonds is 9. The molecule has 2 aromatic carbocycles. The molecule has 1 saturated heterocycles. The van der Waals surface area contributed by atoms with Gasteiger partial charge in [-0.3, -0.25) is 20.0 Å². The maximum atomic E-state index is 13.3. The molecule has 1 fully saturated rings. The Labute approximate surface area is 231 Å². The van der Waals surface area contributed by atoms with Gasteiger partial charge in [0.1, 0.15) is 6.33 Å². The van der Waals surface area contributed by atoms with E-state index in [2.05, 4.69) is 50.0 Å². The molecule has 4 rings (SSSR count). The van der Waals surface area contributed by atoms with Gasteiger partial charge in [-0.15, -0.1) is 0 Å². The Hall–Kier alpha value is -1.98. The minimum absolute atomic E-state index is 0.0727. The largest absolute Gasteiger partial charge is 0.298 e. The first-order valence-electron chi connectivity index (χ1n) is 12.6. The lowest BCUT2D eigenvalue weighted by Crippen LogP contribution is -2.49. The third kappa shape index (κ3) is 6.20. The Morgan fingerprint density at radius 3 is 2.43 bits per heavy atom. The van der Waals surface area contributed by atoms with Crippen LogP contribution in [-0.4, -0.2) is 65.9 Å². The molecule has 0 bridgehead atoms. The van der Waals surface area contributed by atoms with Crippen LogP contribution in [-0.2, 0) is 16.4 Å². The van der Waals surface area contributed by atoms with Gasteiger partial charge in [-0.1, -0.05) is 48.3 Å². The van der Waals surface area contributed by atoms with Gasteiger partial charge < -0.3 is 0 Å². The third-order valence-electron chi connectivity index (χ3n) is 7.08. The van der Waals surface area contributed by atoms with Crippen molar-refractivity contribution in [2.24, 2.45) is 0 Å². The second-order valence-corrected chi connectivity index (χ2v) is 12.9. The van der Waals surface area contributed by atoms with Crippen LogP contribution in [0.15, 0.2) is 50.8 Å². The summed E-state index contributed by atoms with van der Waals surface area (Å²) in [6, 6.07) is 8.84. The molecule has 1 aliphatic heterocycles. The molecule has 0 atom stereocenters. The van der Waals surface area contributed by atoms with Gasteiger partial charge >= 0.3 is 0 Å². The topological polar surface area (TPSA) is 87.5 Å². The van der Waals surface area contributed by atoms with Crippen LogP contribution in [0.4, 0.5) is 5.69 Å². The van der Waals surface area contributed by atoms with Crippen molar-refractivity contribution >= 4 is 54.0 Å². The van der Waals surface area contributed by atoms with Gasteiger partial charge in [-0.25, -0.2) is 18.1 Å². The summed E-state index contributed by atoms with van der Waals surface area (Å²) in [5, 5.41) is 0.776. The van der Waals surface area contributed by atoms with Crippen LogP contribution in [0.1, 0.15) is 39.2 Å². The average Bonchev–Trinajstić information content (AvgIpc) is 2.88. The van der Waals surface area contributed by atoms with Crippen molar-refractivity contribution in [1.29, 1.82) is 0 Å². The number of hydrogen-bond acceptors (Lipinski definition) is 7. The highest BCUT2D eigenvalue weighted by Crippen LogP contribution is 2.27. The van der Waals surface area contributed by atoms with Crippen molar-refractivity contribution in [2.45, 2.75) is 51.1 Å². The van der Waals surface area contributed by atoms with Crippen molar-refractivity contribution in [2.75, 3.05) is 37.4 Å². The zero-order chi connectivity index (χ0) is 26.7. The van der Waals surface area contributed by atoms with E-state index in [1.165, 1.54) is 42.0 Å². The number of anilines is 1. The van der Waals surface area contributed by atoms with Crippen molar-refractivity contribution in [1.82, 2.24) is 19.5 Å². The molecule has 11 heteroatoms. The highest BCUT2D eigenvalue weighted by atomic mass is 79.9. The molecule has 1 aliphatic rings. The Morgan fingerprint density at radius 1 is 1.08 bits per heavy atom. The van der Waals surface area contributed by atoms with Crippen LogP contribution in [0.5, 0.6) is 0 Å². The number of hydrogen-bond donors (Lipinski definition) is 1. The minimum atomic E-state index is -3.53. The number of nitrogens with one attached hydrogen (secondary N) is 1. The van der Waals surface area contributed by atoms with Crippen molar-refractivity contribution < 1.29 is 8.42 Å². The second kappa shape index (κ2) is 11.8. The highest BCUT2D eigenvalue weighted by molar-refractivity contribution is 9.10. The molecule has 1 N–H and O–H groups in total. The molecule has 0 unspecified atom stereocenters. The highest BCUT2D eigenvalue weighted by Gasteiger charge is 2.23. The number of fused-ring (bicyclic) bond motifs is 1. The molecule has 2 heterocycles. The van der Waals surface area contributed by atoms with Crippen LogP contribution in [0.2, 0.25) is 5.02 Å². The van der Waals surface area contributed by atoms with E-state index in [4.69, 9.17) is 11.6 Å². The van der Waals surface area contributed by atoms with E-state index in [0.717, 1.165) is 42.8 Å². The van der Waals surface area contributed by atoms with E-state index in [1.807, 2.05) is 6.07 Å². The first-order valence-corrected chi connectivity index (χ1v) is 15.4. The van der Waals surface area contributed by atoms with E-state index in [9.17, 15) is 13.2 Å². The van der Waals surface area contributed by atoms with E-state index in [-0.39, 0.29) is 21.9 Å². The Balaban J connectivity index is 1.57. The number of aromatic nitrogens is 2. The van der Waals surface area contributed by atoms with Gasteiger partial charge in [0, 0.05) is 48.3 Å². The number of nitrogens with zero attached hydrogens (tertiary/aromatic N) is 4. The smallest absolute Gasteiger partial charge is 0.280 e. The average molecular weight is 611 g/mol. The SMILES string of the molecule is CCC(CC)N1CCN(Cc2cc3ncn(Nc4cc(Cl)ccc4S(=O)(=O)CC)c(=O)c3cc2Br)CC1. The minimum Gasteiger partial charge on any atom is -0.298 e. The lowest BCUT2D eigenvalue weighted by atomic mass is 10.1. The fourth-order valence-electron chi connectivity index (χ4n) is 4.86. The molecule has 37 heavy (non-hydrogen) atoms.